The van der Waals surface area contributed by atoms with Crippen LogP contribution in [0.15, 0.2) is 18.2 Å². The van der Waals surface area contributed by atoms with Gasteiger partial charge in [0.2, 0.25) is 0 Å². The van der Waals surface area contributed by atoms with E-state index in [1.807, 2.05) is 0 Å². The van der Waals surface area contributed by atoms with Crippen LogP contribution >= 0.6 is 0 Å². The van der Waals surface area contributed by atoms with Crippen molar-refractivity contribution in [3.63, 3.8) is 0 Å². The number of nitrogens with one attached hydrogen (secondary N) is 2. The molecule has 1 heterocycles. The van der Waals surface area contributed by atoms with E-state index < -0.39 is 34.0 Å². The van der Waals surface area contributed by atoms with Gasteiger partial charge in [0.05, 0.1) is 4.92 Å². The van der Waals surface area contributed by atoms with Gasteiger partial charge in [0.15, 0.2) is 0 Å². The van der Waals surface area contributed by atoms with E-state index in [4.69, 9.17) is 5.73 Å². The number of imide groups is 1. The first kappa shape index (κ1) is 16.7. The fraction of sp³-hybridized carbons (Fsp3) is 0.400. The molecule has 4 N–H and O–H groups in total. The number of nitrogen functional groups attached to an aromatic ring is 1. The SMILES string of the molecule is Nc1ccc(C(=O)NN2C(=O)NC3(CCCCC3)C2=O)cc1[N+](=O)[O-]. The van der Waals surface area contributed by atoms with Crippen molar-refractivity contribution >= 4 is 29.2 Å². The van der Waals surface area contributed by atoms with Crippen LogP contribution in [0.4, 0.5) is 16.2 Å². The summed E-state index contributed by atoms with van der Waals surface area (Å²) in [6.07, 6.45) is 3.68. The number of anilines is 1. The zero-order valence-electron chi connectivity index (χ0n) is 13.3. The molecule has 0 unspecified atom stereocenters. The molecule has 1 saturated heterocycles. The topological polar surface area (TPSA) is 148 Å². The van der Waals surface area contributed by atoms with E-state index in [9.17, 15) is 24.5 Å². The highest BCUT2D eigenvalue weighted by Gasteiger charge is 2.52. The summed E-state index contributed by atoms with van der Waals surface area (Å²) >= 11 is 0. The van der Waals surface area contributed by atoms with Gasteiger partial charge in [-0.25, -0.2) is 4.79 Å². The molecule has 132 valence electrons. The van der Waals surface area contributed by atoms with Crippen molar-refractivity contribution in [3.8, 4) is 0 Å². The monoisotopic (exact) mass is 347 g/mol. The van der Waals surface area contributed by atoms with Gasteiger partial charge < -0.3 is 11.1 Å². The average molecular weight is 347 g/mol. The third-order valence-corrected chi connectivity index (χ3v) is 4.57. The predicted molar refractivity (Wildman–Crippen MR) is 86.2 cm³/mol. The lowest BCUT2D eigenvalue weighted by Gasteiger charge is -2.30. The van der Waals surface area contributed by atoms with Gasteiger partial charge in [-0.15, -0.1) is 0 Å². The highest BCUT2D eigenvalue weighted by molar-refractivity contribution is 6.09. The number of benzene rings is 1. The second-order valence-electron chi connectivity index (χ2n) is 6.19. The lowest BCUT2D eigenvalue weighted by Crippen LogP contribution is -2.50. The van der Waals surface area contributed by atoms with Crippen molar-refractivity contribution in [2.75, 3.05) is 5.73 Å². The quantitative estimate of drug-likeness (QED) is 0.322. The Morgan fingerprint density at radius 2 is 1.96 bits per heavy atom. The van der Waals surface area contributed by atoms with Crippen molar-refractivity contribution in [3.05, 3.63) is 33.9 Å². The number of nitrogens with two attached hydrogens (primary N) is 1. The summed E-state index contributed by atoms with van der Waals surface area (Å²) in [5.41, 5.74) is 6.16. The first-order valence-electron chi connectivity index (χ1n) is 7.86. The maximum absolute atomic E-state index is 12.6. The first-order chi connectivity index (χ1) is 11.8. The molecule has 0 aromatic heterocycles. The van der Waals surface area contributed by atoms with Gasteiger partial charge >= 0.3 is 6.03 Å². The molecule has 1 saturated carbocycles. The van der Waals surface area contributed by atoms with E-state index in [-0.39, 0.29) is 11.3 Å². The first-order valence-corrected chi connectivity index (χ1v) is 7.86. The molecule has 10 heteroatoms. The van der Waals surface area contributed by atoms with Gasteiger partial charge in [0.25, 0.3) is 17.5 Å². The number of hydrazine groups is 1. The van der Waals surface area contributed by atoms with Crippen LogP contribution < -0.4 is 16.5 Å². The summed E-state index contributed by atoms with van der Waals surface area (Å²) in [5.74, 6) is -1.31. The van der Waals surface area contributed by atoms with Crippen LogP contribution in [-0.2, 0) is 4.79 Å². The zero-order valence-corrected chi connectivity index (χ0v) is 13.3. The van der Waals surface area contributed by atoms with E-state index in [0.29, 0.717) is 17.9 Å². The van der Waals surface area contributed by atoms with E-state index in [1.54, 1.807) is 0 Å². The normalized spacial score (nSPS) is 19.0. The number of urea groups is 1. The van der Waals surface area contributed by atoms with Gasteiger partial charge in [-0.1, -0.05) is 19.3 Å². The lowest BCUT2D eigenvalue weighted by atomic mass is 9.82. The molecule has 4 amide bonds. The fourth-order valence-corrected chi connectivity index (χ4v) is 3.23. The van der Waals surface area contributed by atoms with E-state index in [1.165, 1.54) is 12.1 Å². The standard InChI is InChI=1S/C15H17N5O5/c16-10-5-4-9(8-11(10)20(24)25)12(21)18-19-13(22)15(17-14(19)23)6-2-1-3-7-15/h4-5,8H,1-3,6-7,16H2,(H,17,23)(H,18,21). The Morgan fingerprint density at radius 3 is 2.60 bits per heavy atom. The molecule has 0 radical (unpaired) electrons. The van der Waals surface area contributed by atoms with Crippen LogP contribution in [-0.4, -0.2) is 33.3 Å². The third kappa shape index (κ3) is 2.86. The summed E-state index contributed by atoms with van der Waals surface area (Å²) in [5, 5.41) is 14.2. The van der Waals surface area contributed by atoms with Crippen LogP contribution in [0.1, 0.15) is 42.5 Å². The molecule has 10 nitrogen and oxygen atoms in total. The molecule has 1 aromatic rings. The van der Waals surface area contributed by atoms with Gasteiger partial charge in [0.1, 0.15) is 11.2 Å². The lowest BCUT2D eigenvalue weighted by molar-refractivity contribution is -0.383. The maximum atomic E-state index is 12.6. The molecule has 0 atom stereocenters. The molecule has 1 spiro atoms. The fourth-order valence-electron chi connectivity index (χ4n) is 3.23. The molecule has 3 rings (SSSR count). The zero-order chi connectivity index (χ0) is 18.2. The second kappa shape index (κ2) is 6.04. The molecule has 1 aliphatic carbocycles. The minimum absolute atomic E-state index is 0.0777. The Balaban J connectivity index is 1.79. The summed E-state index contributed by atoms with van der Waals surface area (Å²) in [6.45, 7) is 0. The van der Waals surface area contributed by atoms with E-state index >= 15 is 0 Å². The van der Waals surface area contributed by atoms with Crippen LogP contribution in [0.25, 0.3) is 0 Å². The number of hydrogen-bond acceptors (Lipinski definition) is 6. The summed E-state index contributed by atoms with van der Waals surface area (Å²) < 4.78 is 0. The molecular weight excluding hydrogens is 330 g/mol. The molecule has 25 heavy (non-hydrogen) atoms. The Bertz CT molecular complexity index is 772. The van der Waals surface area contributed by atoms with Crippen LogP contribution in [0.3, 0.4) is 0 Å². The van der Waals surface area contributed by atoms with Gasteiger partial charge in [-0.3, -0.25) is 25.1 Å². The second-order valence-corrected chi connectivity index (χ2v) is 6.19. The van der Waals surface area contributed by atoms with E-state index in [2.05, 4.69) is 10.7 Å². The molecule has 0 bridgehead atoms. The minimum atomic E-state index is -0.963. The van der Waals surface area contributed by atoms with Gasteiger partial charge in [0, 0.05) is 11.6 Å². The number of carbonyl (C=O) groups is 3. The third-order valence-electron chi connectivity index (χ3n) is 4.57. The predicted octanol–water partition coefficient (Wildman–Crippen LogP) is 1.08. The number of nitro benzene ring substituents is 1. The minimum Gasteiger partial charge on any atom is -0.393 e. The van der Waals surface area contributed by atoms with Crippen LogP contribution in [0, 0.1) is 10.1 Å². The van der Waals surface area contributed by atoms with E-state index in [0.717, 1.165) is 25.3 Å². The highest BCUT2D eigenvalue weighted by atomic mass is 16.6. The smallest absolute Gasteiger partial charge is 0.344 e. The maximum Gasteiger partial charge on any atom is 0.344 e. The van der Waals surface area contributed by atoms with Gasteiger partial charge in [-0.2, -0.15) is 5.01 Å². The number of rotatable bonds is 3. The molecule has 2 aliphatic rings. The average Bonchev–Trinajstić information content (AvgIpc) is 2.79. The Hall–Kier alpha value is -3.17. The molecule has 1 aromatic carbocycles. The number of nitro groups is 1. The Kier molecular flexibility index (Phi) is 4.03. The van der Waals surface area contributed by atoms with Crippen LogP contribution in [0.2, 0.25) is 0 Å². The largest absolute Gasteiger partial charge is 0.393 e. The number of nitrogens with zero attached hydrogens (tertiary/aromatic N) is 2. The highest BCUT2D eigenvalue weighted by Crippen LogP contribution is 2.33. The summed E-state index contributed by atoms with van der Waals surface area (Å²) in [7, 11) is 0. The Labute approximate surface area is 142 Å². The van der Waals surface area contributed by atoms with Crippen molar-refractivity contribution in [2.24, 2.45) is 0 Å². The van der Waals surface area contributed by atoms with Gasteiger partial charge in [-0.05, 0) is 25.0 Å². The molecular formula is C15H17N5O5. The number of hydrogen-bond donors (Lipinski definition) is 3. The Morgan fingerprint density at radius 1 is 1.28 bits per heavy atom. The van der Waals surface area contributed by atoms with Crippen LogP contribution in [0.5, 0.6) is 0 Å². The van der Waals surface area contributed by atoms with Crippen molar-refractivity contribution in [1.29, 1.82) is 0 Å². The van der Waals surface area contributed by atoms with Crippen molar-refractivity contribution < 1.29 is 19.3 Å². The summed E-state index contributed by atoms with van der Waals surface area (Å²) in [6, 6.07) is 2.80. The molecule has 1 aliphatic heterocycles. The summed E-state index contributed by atoms with van der Waals surface area (Å²) in [4.78, 5) is 47.2. The number of carbonyl (C=O) groups excluding carboxylic acids is 3. The molecule has 2 fully saturated rings. The van der Waals surface area contributed by atoms with Crippen molar-refractivity contribution in [1.82, 2.24) is 15.8 Å². The van der Waals surface area contributed by atoms with Crippen molar-refractivity contribution in [2.45, 2.75) is 37.6 Å². The number of amides is 4.